The number of carbonyl (C=O) groups excluding carboxylic acids is 2. The Morgan fingerprint density at radius 2 is 1.20 bits per heavy atom. The van der Waals surface area contributed by atoms with Crippen LogP contribution in [0.4, 0.5) is 0 Å². The number of benzene rings is 2. The van der Waals surface area contributed by atoms with Gasteiger partial charge >= 0.3 is 0 Å². The molecule has 35 heavy (non-hydrogen) atoms. The van der Waals surface area contributed by atoms with Gasteiger partial charge in [0.25, 0.3) is 0 Å². The highest BCUT2D eigenvalue weighted by atomic mass is 79.9. The number of Topliss-reactive ketones (excluding diaryl/α,β-unsaturated/α-hetero) is 2. The Morgan fingerprint density at radius 3 is 1.71 bits per heavy atom. The van der Waals surface area contributed by atoms with Gasteiger partial charge in [0.1, 0.15) is 11.6 Å². The third kappa shape index (κ3) is 7.61. The molecule has 1 aliphatic rings. The van der Waals surface area contributed by atoms with Crippen LogP contribution in [0.25, 0.3) is 11.1 Å². The topological polar surface area (TPSA) is 34.1 Å². The van der Waals surface area contributed by atoms with Crippen LogP contribution in [0.5, 0.6) is 0 Å². The third-order valence-corrected chi connectivity index (χ3v) is 8.48. The summed E-state index contributed by atoms with van der Waals surface area (Å²) in [7, 11) is 0. The summed E-state index contributed by atoms with van der Waals surface area (Å²) in [4.78, 5) is 22.8. The number of hydrogen-bond donors (Lipinski definition) is 0. The lowest BCUT2D eigenvalue weighted by Crippen LogP contribution is -2.25. The van der Waals surface area contributed by atoms with Crippen LogP contribution in [0, 0.1) is 0 Å². The summed E-state index contributed by atoms with van der Waals surface area (Å²) < 4.78 is 2.33. The molecule has 0 aromatic heterocycles. The van der Waals surface area contributed by atoms with Crippen molar-refractivity contribution in [2.45, 2.75) is 109 Å². The average Bonchev–Trinajstić information content (AvgIpc) is 3.06. The zero-order chi connectivity index (χ0) is 25.3. The van der Waals surface area contributed by atoms with Crippen LogP contribution in [0.2, 0.25) is 0 Å². The molecule has 0 atom stereocenters. The lowest BCUT2D eigenvalue weighted by molar-refractivity contribution is -0.125. The summed E-state index contributed by atoms with van der Waals surface area (Å²) in [6, 6.07) is 13.7. The predicted molar refractivity (Wildman–Crippen MR) is 154 cm³/mol. The Labute approximate surface area is 228 Å². The van der Waals surface area contributed by atoms with Gasteiger partial charge in [0.15, 0.2) is 0 Å². The van der Waals surface area contributed by atoms with Crippen LogP contribution in [-0.4, -0.2) is 11.6 Å². The quantitative estimate of drug-likeness (QED) is 0.141. The smallest absolute Gasteiger partial charge is 0.140 e. The Hall–Kier alpha value is -1.26. The summed E-state index contributed by atoms with van der Waals surface area (Å²) in [6.07, 6.45) is 15.0. The van der Waals surface area contributed by atoms with Crippen molar-refractivity contribution in [1.29, 1.82) is 0 Å². The first-order valence-corrected chi connectivity index (χ1v) is 15.1. The van der Waals surface area contributed by atoms with E-state index >= 15 is 0 Å². The van der Waals surface area contributed by atoms with E-state index in [1.807, 2.05) is 0 Å². The molecule has 0 unspecified atom stereocenters. The highest BCUT2D eigenvalue weighted by Gasteiger charge is 2.42. The maximum atomic E-state index is 11.7. The first-order valence-electron chi connectivity index (χ1n) is 13.5. The van der Waals surface area contributed by atoms with E-state index in [0.717, 1.165) is 12.8 Å². The molecule has 2 nitrogen and oxygen atoms in total. The van der Waals surface area contributed by atoms with Gasteiger partial charge in [0, 0.05) is 20.8 Å². The molecule has 2 aromatic carbocycles. The molecule has 1 aliphatic carbocycles. The second-order valence-electron chi connectivity index (χ2n) is 10.3. The van der Waals surface area contributed by atoms with Crippen molar-refractivity contribution < 1.29 is 9.59 Å². The van der Waals surface area contributed by atoms with Crippen molar-refractivity contribution in [3.05, 3.63) is 56.5 Å². The summed E-state index contributed by atoms with van der Waals surface area (Å²) in [5, 5.41) is 0. The number of fused-ring (bicyclic) bond motifs is 3. The van der Waals surface area contributed by atoms with Crippen LogP contribution < -0.4 is 0 Å². The molecule has 0 spiro atoms. The van der Waals surface area contributed by atoms with Gasteiger partial charge in [-0.2, -0.15) is 0 Å². The van der Waals surface area contributed by atoms with E-state index in [1.54, 1.807) is 0 Å². The first kappa shape index (κ1) is 28.3. The third-order valence-electron chi connectivity index (χ3n) is 7.50. The molecule has 2 aromatic rings. The zero-order valence-electron chi connectivity index (χ0n) is 21.4. The van der Waals surface area contributed by atoms with Crippen molar-refractivity contribution in [3.8, 4) is 11.1 Å². The Kier molecular flexibility index (Phi) is 11.2. The van der Waals surface area contributed by atoms with E-state index < -0.39 is 0 Å². The summed E-state index contributed by atoms with van der Waals surface area (Å²) in [5.41, 5.74) is 5.90. The van der Waals surface area contributed by atoms with E-state index in [2.05, 4.69) is 75.2 Å². The van der Waals surface area contributed by atoms with Crippen molar-refractivity contribution in [2.24, 2.45) is 0 Å². The van der Waals surface area contributed by atoms with Crippen molar-refractivity contribution in [2.75, 3.05) is 0 Å². The first-order chi connectivity index (χ1) is 16.9. The van der Waals surface area contributed by atoms with Crippen LogP contribution in [0.1, 0.15) is 115 Å². The molecule has 0 bridgehead atoms. The molecule has 0 aliphatic heterocycles. The largest absolute Gasteiger partial charge is 0.300 e. The fraction of sp³-hybridized carbons (Fsp3) is 0.548. The van der Waals surface area contributed by atoms with E-state index in [4.69, 9.17) is 0 Å². The molecule has 0 N–H and O–H groups in total. The number of unbranched alkanes of at least 4 members (excludes halogenated alkanes) is 8. The minimum atomic E-state index is -0.0206. The van der Waals surface area contributed by atoms with Gasteiger partial charge in [0.05, 0.1) is 6.42 Å². The number of hydrogen-bond acceptors (Lipinski definition) is 2. The monoisotopic (exact) mass is 602 g/mol. The number of rotatable bonds is 16. The summed E-state index contributed by atoms with van der Waals surface area (Å²) >= 11 is 7.51. The van der Waals surface area contributed by atoms with E-state index in [-0.39, 0.29) is 23.4 Å². The number of carbonyl (C=O) groups is 2. The Bertz CT molecular complexity index is 960. The lowest BCUT2D eigenvalue weighted by atomic mass is 9.70. The number of halogens is 2. The summed E-state index contributed by atoms with van der Waals surface area (Å²) in [6.45, 7) is 3.77. The fourth-order valence-electron chi connectivity index (χ4n) is 5.78. The molecule has 0 saturated carbocycles. The van der Waals surface area contributed by atoms with Crippen LogP contribution in [-0.2, 0) is 15.0 Å². The maximum absolute atomic E-state index is 11.7. The predicted octanol–water partition coefficient (Wildman–Crippen LogP) is 10.1. The van der Waals surface area contributed by atoms with Gasteiger partial charge in [-0.05, 0) is 72.7 Å². The fourth-order valence-corrected chi connectivity index (χ4v) is 6.50. The van der Waals surface area contributed by atoms with E-state index in [9.17, 15) is 9.59 Å². The van der Waals surface area contributed by atoms with Gasteiger partial charge in [-0.25, -0.2) is 0 Å². The summed E-state index contributed by atoms with van der Waals surface area (Å²) in [5.74, 6) is 0.0751. The molecular formula is C31H40Br2O2. The lowest BCUT2D eigenvalue weighted by Gasteiger charge is -2.33. The molecule has 0 amide bonds. The molecule has 0 radical (unpaired) electrons. The van der Waals surface area contributed by atoms with Gasteiger partial charge in [-0.15, -0.1) is 0 Å². The molecule has 0 heterocycles. The van der Waals surface area contributed by atoms with Crippen molar-refractivity contribution in [3.63, 3.8) is 0 Å². The second kappa shape index (κ2) is 13.9. The second-order valence-corrected chi connectivity index (χ2v) is 12.1. The maximum Gasteiger partial charge on any atom is 0.140 e. The van der Waals surface area contributed by atoms with Gasteiger partial charge in [-0.1, -0.05) is 109 Å². The van der Waals surface area contributed by atoms with Gasteiger partial charge in [0.2, 0.25) is 0 Å². The van der Waals surface area contributed by atoms with E-state index in [1.165, 1.54) is 102 Å². The van der Waals surface area contributed by atoms with Crippen molar-refractivity contribution in [1.82, 2.24) is 0 Å². The van der Waals surface area contributed by atoms with Gasteiger partial charge in [-0.3, -0.25) is 9.59 Å². The standard InChI is InChI=1S/C31H40Br2O2/c1-3-4-5-11-18-31(19-12-9-7-6-8-10-13-26(35)20-23(2)34)29-21-24(32)14-16-27(29)28-17-15-25(33)22-30(28)31/h14-17,21-22H,3-13,18-20H2,1-2H3. The van der Waals surface area contributed by atoms with E-state index in [0.29, 0.717) is 6.42 Å². The molecule has 3 rings (SSSR count). The van der Waals surface area contributed by atoms with Crippen molar-refractivity contribution >= 4 is 43.4 Å². The minimum absolute atomic E-state index is 0.0206. The average molecular weight is 604 g/mol. The molecule has 4 heteroatoms. The SMILES string of the molecule is CCCCCCC1(CCCCCCCCC(=O)CC(C)=O)c2cc(Br)ccc2-c2ccc(Br)cc21. The highest BCUT2D eigenvalue weighted by molar-refractivity contribution is 9.10. The van der Waals surface area contributed by atoms with Crippen LogP contribution >= 0.6 is 31.9 Å². The Morgan fingerprint density at radius 1 is 0.714 bits per heavy atom. The molecule has 190 valence electrons. The number of ketones is 2. The molecule has 0 saturated heterocycles. The minimum Gasteiger partial charge on any atom is -0.300 e. The van der Waals surface area contributed by atoms with Crippen LogP contribution in [0.15, 0.2) is 45.3 Å². The van der Waals surface area contributed by atoms with Crippen LogP contribution in [0.3, 0.4) is 0 Å². The van der Waals surface area contributed by atoms with Gasteiger partial charge < -0.3 is 0 Å². The normalized spacial score (nSPS) is 13.5. The zero-order valence-corrected chi connectivity index (χ0v) is 24.6. The highest BCUT2D eigenvalue weighted by Crippen LogP contribution is 2.55. The molecular weight excluding hydrogens is 564 g/mol. The molecule has 0 fully saturated rings. The Balaban J connectivity index is 1.65.